The van der Waals surface area contributed by atoms with Crippen LogP contribution in [0.3, 0.4) is 0 Å². The van der Waals surface area contributed by atoms with Crippen LogP contribution in [0.2, 0.25) is 0 Å². The van der Waals surface area contributed by atoms with Crippen LogP contribution in [0.15, 0.2) is 54.6 Å². The van der Waals surface area contributed by atoms with Gasteiger partial charge < -0.3 is 30.2 Å². The average Bonchev–Trinajstić information content (AvgIpc) is 3.44. The van der Waals surface area contributed by atoms with Gasteiger partial charge in [0.2, 0.25) is 0 Å². The number of piperidine rings is 1. The zero-order chi connectivity index (χ0) is 25.4. The van der Waals surface area contributed by atoms with Crippen LogP contribution in [0.5, 0.6) is 5.75 Å². The molecule has 0 unspecified atom stereocenters. The number of carbonyl (C=O) groups is 2. The van der Waals surface area contributed by atoms with E-state index in [9.17, 15) is 9.59 Å². The van der Waals surface area contributed by atoms with E-state index < -0.39 is 5.91 Å². The number of aryl methyl sites for hydroxylation is 1. The predicted octanol–water partition coefficient (Wildman–Crippen LogP) is 2.76. The number of fused-ring (bicyclic) bond motifs is 1. The third-order valence-electron chi connectivity index (χ3n) is 6.79. The number of nitrogens with zero attached hydrogens (tertiary/aromatic N) is 4. The molecule has 1 aliphatic rings. The number of amides is 2. The van der Waals surface area contributed by atoms with Gasteiger partial charge in [0.25, 0.3) is 11.8 Å². The third-order valence-corrected chi connectivity index (χ3v) is 6.79. The Morgan fingerprint density at radius 3 is 2.61 bits per heavy atom. The zero-order valence-electron chi connectivity index (χ0n) is 20.5. The number of rotatable bonds is 6. The van der Waals surface area contributed by atoms with Gasteiger partial charge in [-0.1, -0.05) is 30.3 Å². The summed E-state index contributed by atoms with van der Waals surface area (Å²) in [4.78, 5) is 32.2. The minimum absolute atomic E-state index is 0.00775. The maximum atomic E-state index is 13.3. The van der Waals surface area contributed by atoms with Gasteiger partial charge in [0.05, 0.1) is 18.3 Å². The van der Waals surface area contributed by atoms with Gasteiger partial charge in [-0.3, -0.25) is 9.59 Å². The van der Waals surface area contributed by atoms with Crippen LogP contribution in [-0.2, 0) is 13.6 Å². The molecule has 1 saturated heterocycles. The summed E-state index contributed by atoms with van der Waals surface area (Å²) < 4.78 is 9.47. The summed E-state index contributed by atoms with van der Waals surface area (Å²) in [7, 11) is 3.47. The highest BCUT2D eigenvalue weighted by atomic mass is 16.5. The summed E-state index contributed by atoms with van der Waals surface area (Å²) in [6.07, 6.45) is 1.81. The maximum Gasteiger partial charge on any atom is 0.265 e. The molecule has 5 rings (SSSR count). The molecule has 0 spiro atoms. The van der Waals surface area contributed by atoms with Gasteiger partial charge in [-0.2, -0.15) is 0 Å². The Hall–Kier alpha value is -4.11. The van der Waals surface area contributed by atoms with Crippen molar-refractivity contribution in [2.45, 2.75) is 25.4 Å². The molecule has 186 valence electrons. The van der Waals surface area contributed by atoms with Crippen molar-refractivity contribution in [3.05, 3.63) is 71.4 Å². The molecule has 1 fully saturated rings. The lowest BCUT2D eigenvalue weighted by atomic mass is 10.0. The van der Waals surface area contributed by atoms with E-state index in [0.717, 1.165) is 29.6 Å². The van der Waals surface area contributed by atoms with E-state index in [2.05, 4.69) is 0 Å². The van der Waals surface area contributed by atoms with Gasteiger partial charge in [0, 0.05) is 38.3 Å². The van der Waals surface area contributed by atoms with E-state index in [-0.39, 0.29) is 11.9 Å². The standard InChI is InChI=1S/C27H30N6O3/c1-31-24-20(13-18(14-23(24)36-2)27(35)32-12-6-9-19(28)16-32)30-26(31)22-11-10-21(25(29)34)33(22)15-17-7-4-3-5-8-17/h3-5,7-8,10-11,13-14,19H,6,9,12,15-16,28H2,1-2H3,(H2,29,34)/t19-/m1/s1. The second kappa shape index (κ2) is 9.50. The van der Waals surface area contributed by atoms with Crippen molar-refractivity contribution < 1.29 is 14.3 Å². The Bertz CT molecular complexity index is 1440. The van der Waals surface area contributed by atoms with Gasteiger partial charge in [-0.25, -0.2) is 4.98 Å². The highest BCUT2D eigenvalue weighted by molar-refractivity contribution is 6.00. The molecular formula is C27H30N6O3. The number of likely N-dealkylation sites (tertiary alicyclic amines) is 1. The highest BCUT2D eigenvalue weighted by Gasteiger charge is 2.26. The molecule has 4 N–H and O–H groups in total. The molecule has 4 aromatic rings. The number of nitrogens with two attached hydrogens (primary N) is 2. The second-order valence-electron chi connectivity index (χ2n) is 9.23. The predicted molar refractivity (Wildman–Crippen MR) is 138 cm³/mol. The normalized spacial score (nSPS) is 15.9. The molecule has 1 atom stereocenters. The molecule has 0 saturated carbocycles. The van der Waals surface area contributed by atoms with Crippen molar-refractivity contribution in [2.24, 2.45) is 18.5 Å². The van der Waals surface area contributed by atoms with Crippen LogP contribution >= 0.6 is 0 Å². The van der Waals surface area contributed by atoms with Gasteiger partial charge in [-0.15, -0.1) is 0 Å². The average molecular weight is 487 g/mol. The molecule has 9 nitrogen and oxygen atoms in total. The van der Waals surface area contributed by atoms with Crippen molar-refractivity contribution in [1.29, 1.82) is 0 Å². The Morgan fingerprint density at radius 2 is 1.92 bits per heavy atom. The van der Waals surface area contributed by atoms with Crippen LogP contribution in [0, 0.1) is 0 Å². The largest absolute Gasteiger partial charge is 0.494 e. The monoisotopic (exact) mass is 486 g/mol. The fourth-order valence-electron chi connectivity index (χ4n) is 5.01. The SMILES string of the molecule is COc1cc(C(=O)N2CCC[C@@H](N)C2)cc2nc(-c3ccc(C(N)=O)n3Cc3ccccc3)n(C)c12. The summed E-state index contributed by atoms with van der Waals surface area (Å²) in [6.45, 7) is 1.68. The second-order valence-corrected chi connectivity index (χ2v) is 9.23. The number of hydrogen-bond acceptors (Lipinski definition) is 5. The lowest BCUT2D eigenvalue weighted by Gasteiger charge is -2.30. The van der Waals surface area contributed by atoms with Gasteiger partial charge in [0.15, 0.2) is 5.82 Å². The summed E-state index contributed by atoms with van der Waals surface area (Å²) in [5.41, 5.74) is 15.9. The van der Waals surface area contributed by atoms with E-state index >= 15 is 0 Å². The minimum Gasteiger partial charge on any atom is -0.494 e. The summed E-state index contributed by atoms with van der Waals surface area (Å²) in [5.74, 6) is 0.591. The van der Waals surface area contributed by atoms with E-state index in [4.69, 9.17) is 21.2 Å². The Balaban J connectivity index is 1.61. The van der Waals surface area contributed by atoms with Crippen LogP contribution in [0.4, 0.5) is 0 Å². The zero-order valence-corrected chi connectivity index (χ0v) is 20.5. The maximum absolute atomic E-state index is 13.3. The Morgan fingerprint density at radius 1 is 1.14 bits per heavy atom. The quantitative estimate of drug-likeness (QED) is 0.434. The lowest BCUT2D eigenvalue weighted by Crippen LogP contribution is -2.45. The molecule has 3 heterocycles. The van der Waals surface area contributed by atoms with Crippen molar-refractivity contribution in [1.82, 2.24) is 19.0 Å². The number of ether oxygens (including phenoxy) is 1. The lowest BCUT2D eigenvalue weighted by molar-refractivity contribution is 0.0708. The van der Waals surface area contributed by atoms with Crippen LogP contribution in [0.25, 0.3) is 22.6 Å². The summed E-state index contributed by atoms with van der Waals surface area (Å²) in [6, 6.07) is 17.0. The molecule has 2 aromatic carbocycles. The molecule has 0 radical (unpaired) electrons. The van der Waals surface area contributed by atoms with Gasteiger partial charge in [-0.05, 0) is 42.7 Å². The first-order chi connectivity index (χ1) is 17.4. The van der Waals surface area contributed by atoms with Crippen LogP contribution in [0.1, 0.15) is 39.3 Å². The van der Waals surface area contributed by atoms with Crippen molar-refractivity contribution in [3.8, 4) is 17.3 Å². The molecule has 1 aliphatic heterocycles. The number of primary amides is 1. The topological polar surface area (TPSA) is 121 Å². The van der Waals surface area contributed by atoms with E-state index in [0.29, 0.717) is 48.0 Å². The van der Waals surface area contributed by atoms with E-state index in [1.165, 1.54) is 0 Å². The van der Waals surface area contributed by atoms with Gasteiger partial charge >= 0.3 is 0 Å². The number of hydrogen-bond donors (Lipinski definition) is 2. The number of aromatic nitrogens is 3. The molecule has 2 amide bonds. The molecular weight excluding hydrogens is 456 g/mol. The van der Waals surface area contributed by atoms with E-state index in [1.807, 2.05) is 52.6 Å². The Labute approximate surface area is 209 Å². The first-order valence-corrected chi connectivity index (χ1v) is 12.0. The summed E-state index contributed by atoms with van der Waals surface area (Å²) >= 11 is 0. The molecule has 36 heavy (non-hydrogen) atoms. The highest BCUT2D eigenvalue weighted by Crippen LogP contribution is 2.33. The fraction of sp³-hybridized carbons (Fsp3) is 0.296. The Kier molecular flexibility index (Phi) is 6.24. The van der Waals surface area contributed by atoms with Crippen molar-refractivity contribution in [2.75, 3.05) is 20.2 Å². The number of imidazole rings is 1. The van der Waals surface area contributed by atoms with E-state index in [1.54, 1.807) is 30.2 Å². The summed E-state index contributed by atoms with van der Waals surface area (Å²) in [5, 5.41) is 0. The number of benzene rings is 2. The first kappa shape index (κ1) is 23.6. The molecule has 0 bridgehead atoms. The molecule has 2 aromatic heterocycles. The smallest absolute Gasteiger partial charge is 0.265 e. The van der Waals surface area contributed by atoms with Crippen molar-refractivity contribution >= 4 is 22.8 Å². The first-order valence-electron chi connectivity index (χ1n) is 12.0. The van der Waals surface area contributed by atoms with Crippen LogP contribution < -0.4 is 16.2 Å². The fourth-order valence-corrected chi connectivity index (χ4v) is 5.01. The van der Waals surface area contributed by atoms with Gasteiger partial charge in [0.1, 0.15) is 17.0 Å². The third kappa shape index (κ3) is 4.22. The molecule has 9 heteroatoms. The minimum atomic E-state index is -0.513. The number of carbonyl (C=O) groups excluding carboxylic acids is 2. The number of methoxy groups -OCH3 is 1. The molecule has 0 aliphatic carbocycles. The van der Waals surface area contributed by atoms with Crippen molar-refractivity contribution in [3.63, 3.8) is 0 Å². The van der Waals surface area contributed by atoms with Crippen LogP contribution in [-0.4, -0.2) is 57.1 Å².